The Morgan fingerprint density at radius 3 is 2.00 bits per heavy atom. The molecule has 1 heterocycles. The Morgan fingerprint density at radius 2 is 1.64 bits per heavy atom. The van der Waals surface area contributed by atoms with E-state index in [9.17, 15) is 0 Å². The fourth-order valence-electron chi connectivity index (χ4n) is 1.78. The van der Waals surface area contributed by atoms with Crippen molar-refractivity contribution in [2.24, 2.45) is 5.41 Å². The van der Waals surface area contributed by atoms with Gasteiger partial charge < -0.3 is 4.90 Å². The zero-order chi connectivity index (χ0) is 11.0. The van der Waals surface area contributed by atoms with Gasteiger partial charge in [0.15, 0.2) is 0 Å². The summed E-state index contributed by atoms with van der Waals surface area (Å²) in [5, 5.41) is 0. The quantitative estimate of drug-likeness (QED) is 0.563. The summed E-state index contributed by atoms with van der Waals surface area (Å²) in [4.78, 5) is 2.39. The average Bonchev–Trinajstić information content (AvgIpc) is 2.01. The molecule has 0 saturated carbocycles. The number of rotatable bonds is 0. The number of nitrogens with zero attached hydrogens (tertiary/aromatic N) is 1. The van der Waals surface area contributed by atoms with Crippen LogP contribution in [0, 0.1) is 5.41 Å². The summed E-state index contributed by atoms with van der Waals surface area (Å²) < 4.78 is 0. The predicted molar refractivity (Wildman–Crippen MR) is 62.9 cm³/mol. The highest BCUT2D eigenvalue weighted by atomic mass is 15.2. The van der Waals surface area contributed by atoms with E-state index in [-0.39, 0.29) is 11.0 Å². The molecular formula is C13H23N. The van der Waals surface area contributed by atoms with Crippen LogP contribution in [0.4, 0.5) is 0 Å². The predicted octanol–water partition coefficient (Wildman–Crippen LogP) is 3.93. The van der Waals surface area contributed by atoms with Gasteiger partial charge in [-0.25, -0.2) is 0 Å². The highest BCUT2D eigenvalue weighted by molar-refractivity contribution is 5.20. The molecule has 0 unspecified atom stereocenters. The third-order valence-corrected chi connectivity index (χ3v) is 2.45. The normalized spacial score (nSPS) is 18.4. The topological polar surface area (TPSA) is 3.24 Å². The Bertz CT molecular complexity index is 258. The van der Waals surface area contributed by atoms with Gasteiger partial charge in [0.2, 0.25) is 0 Å². The largest absolute Gasteiger partial charge is 0.346 e. The standard InChI is InChI=1S/C13H23N/c1-12(2,3)11-9-7-8-10-14(11)13(4,5)6/h8-10H,7H2,1-6H3. The van der Waals surface area contributed by atoms with E-state index in [1.807, 2.05) is 0 Å². The lowest BCUT2D eigenvalue weighted by Gasteiger charge is -2.43. The van der Waals surface area contributed by atoms with E-state index in [1.165, 1.54) is 5.70 Å². The maximum atomic E-state index is 2.39. The number of hydrogen-bond acceptors (Lipinski definition) is 1. The second kappa shape index (κ2) is 3.45. The van der Waals surface area contributed by atoms with Crippen molar-refractivity contribution in [3.8, 4) is 0 Å². The monoisotopic (exact) mass is 193 g/mol. The van der Waals surface area contributed by atoms with E-state index in [0.29, 0.717) is 0 Å². The minimum atomic E-state index is 0.177. The van der Waals surface area contributed by atoms with Crippen LogP contribution in [0.1, 0.15) is 48.0 Å². The Balaban J connectivity index is 2.99. The second-order valence-corrected chi connectivity index (χ2v) is 6.00. The van der Waals surface area contributed by atoms with Crippen LogP contribution in [-0.4, -0.2) is 10.4 Å². The van der Waals surface area contributed by atoms with Gasteiger partial charge in [0, 0.05) is 22.9 Å². The van der Waals surface area contributed by atoms with Crippen LogP contribution in [0.5, 0.6) is 0 Å². The van der Waals surface area contributed by atoms with Gasteiger partial charge >= 0.3 is 0 Å². The fourth-order valence-corrected chi connectivity index (χ4v) is 1.78. The van der Waals surface area contributed by atoms with Crippen molar-refractivity contribution in [2.45, 2.75) is 53.5 Å². The zero-order valence-electron chi connectivity index (χ0n) is 10.4. The van der Waals surface area contributed by atoms with Gasteiger partial charge in [0.1, 0.15) is 0 Å². The highest BCUT2D eigenvalue weighted by Crippen LogP contribution is 2.35. The molecule has 1 aliphatic rings. The SMILES string of the molecule is CC(C)(C)C1=CCC=CN1C(C)(C)C. The minimum absolute atomic E-state index is 0.177. The van der Waals surface area contributed by atoms with Crippen LogP contribution < -0.4 is 0 Å². The summed E-state index contributed by atoms with van der Waals surface area (Å²) >= 11 is 0. The lowest BCUT2D eigenvalue weighted by atomic mass is 9.87. The summed E-state index contributed by atoms with van der Waals surface area (Å²) in [5.41, 5.74) is 1.85. The minimum Gasteiger partial charge on any atom is -0.346 e. The van der Waals surface area contributed by atoms with Crippen molar-refractivity contribution in [1.82, 2.24) is 4.90 Å². The highest BCUT2D eigenvalue weighted by Gasteiger charge is 2.29. The molecule has 1 nitrogen and oxygen atoms in total. The van der Waals surface area contributed by atoms with Crippen molar-refractivity contribution in [3.05, 3.63) is 24.0 Å². The lowest BCUT2D eigenvalue weighted by Crippen LogP contribution is -2.41. The summed E-state index contributed by atoms with van der Waals surface area (Å²) in [5.74, 6) is 0. The van der Waals surface area contributed by atoms with Crippen molar-refractivity contribution < 1.29 is 0 Å². The molecule has 1 aliphatic heterocycles. The van der Waals surface area contributed by atoms with E-state index in [4.69, 9.17) is 0 Å². The summed E-state index contributed by atoms with van der Waals surface area (Å²) in [7, 11) is 0. The Labute approximate surface area is 88.5 Å². The molecule has 0 radical (unpaired) electrons. The van der Waals surface area contributed by atoms with Gasteiger partial charge in [-0.05, 0) is 27.2 Å². The molecule has 0 bridgehead atoms. The van der Waals surface area contributed by atoms with Crippen LogP contribution in [0.2, 0.25) is 0 Å². The molecule has 0 N–H and O–H groups in total. The van der Waals surface area contributed by atoms with Crippen molar-refractivity contribution in [2.75, 3.05) is 0 Å². The van der Waals surface area contributed by atoms with Crippen molar-refractivity contribution >= 4 is 0 Å². The zero-order valence-corrected chi connectivity index (χ0v) is 10.4. The van der Waals surface area contributed by atoms with Crippen LogP contribution in [-0.2, 0) is 0 Å². The molecule has 0 fully saturated rings. The molecule has 0 aromatic carbocycles. The Hall–Kier alpha value is -0.720. The average molecular weight is 193 g/mol. The molecule has 0 aliphatic carbocycles. The molecule has 1 heteroatoms. The summed E-state index contributed by atoms with van der Waals surface area (Å²) in [6.45, 7) is 13.6. The van der Waals surface area contributed by atoms with Crippen LogP contribution >= 0.6 is 0 Å². The van der Waals surface area contributed by atoms with Gasteiger partial charge in [-0.3, -0.25) is 0 Å². The summed E-state index contributed by atoms with van der Waals surface area (Å²) in [6.07, 6.45) is 7.85. The van der Waals surface area contributed by atoms with E-state index in [0.717, 1.165) is 6.42 Å². The van der Waals surface area contributed by atoms with Crippen molar-refractivity contribution in [3.63, 3.8) is 0 Å². The van der Waals surface area contributed by atoms with Gasteiger partial charge in [0.25, 0.3) is 0 Å². The van der Waals surface area contributed by atoms with E-state index >= 15 is 0 Å². The van der Waals surface area contributed by atoms with E-state index in [2.05, 4.69) is 64.8 Å². The Morgan fingerprint density at radius 1 is 1.07 bits per heavy atom. The lowest BCUT2D eigenvalue weighted by molar-refractivity contribution is 0.206. The Kier molecular flexibility index (Phi) is 2.80. The second-order valence-electron chi connectivity index (χ2n) is 6.00. The number of allylic oxidation sites excluding steroid dienone is 3. The molecule has 14 heavy (non-hydrogen) atoms. The molecule has 0 spiro atoms. The first kappa shape index (κ1) is 11.4. The molecule has 0 saturated heterocycles. The maximum absolute atomic E-state index is 2.39. The first-order chi connectivity index (χ1) is 6.23. The van der Waals surface area contributed by atoms with Gasteiger partial charge in [-0.15, -0.1) is 0 Å². The van der Waals surface area contributed by atoms with E-state index in [1.54, 1.807) is 0 Å². The molecular weight excluding hydrogens is 170 g/mol. The molecule has 80 valence electrons. The molecule has 0 aromatic heterocycles. The van der Waals surface area contributed by atoms with Crippen LogP contribution in [0.25, 0.3) is 0 Å². The molecule has 0 aromatic rings. The van der Waals surface area contributed by atoms with Crippen LogP contribution in [0.15, 0.2) is 24.0 Å². The first-order valence-corrected chi connectivity index (χ1v) is 5.39. The van der Waals surface area contributed by atoms with Gasteiger partial charge in [0.05, 0.1) is 0 Å². The maximum Gasteiger partial charge on any atom is 0.0358 e. The van der Waals surface area contributed by atoms with Gasteiger partial charge in [-0.1, -0.05) is 32.9 Å². The molecule has 0 amide bonds. The summed E-state index contributed by atoms with van der Waals surface area (Å²) in [6, 6.07) is 0. The smallest absolute Gasteiger partial charge is 0.0358 e. The third kappa shape index (κ3) is 2.40. The van der Waals surface area contributed by atoms with Crippen LogP contribution in [0.3, 0.4) is 0 Å². The van der Waals surface area contributed by atoms with E-state index < -0.39 is 0 Å². The third-order valence-electron chi connectivity index (χ3n) is 2.45. The van der Waals surface area contributed by atoms with Crippen molar-refractivity contribution in [1.29, 1.82) is 0 Å². The number of hydrogen-bond donors (Lipinski definition) is 0. The first-order valence-electron chi connectivity index (χ1n) is 5.39. The molecule has 1 rings (SSSR count). The fraction of sp³-hybridized carbons (Fsp3) is 0.692. The molecule has 0 atom stereocenters. The van der Waals surface area contributed by atoms with Gasteiger partial charge in [-0.2, -0.15) is 0 Å².